The first-order chi connectivity index (χ1) is 9.30. The van der Waals surface area contributed by atoms with Gasteiger partial charge in [0.2, 0.25) is 0 Å². The van der Waals surface area contributed by atoms with Crippen molar-refractivity contribution < 1.29 is 0 Å². The minimum absolute atomic E-state index is 0.805. The lowest BCUT2D eigenvalue weighted by Gasteiger charge is -2.31. The van der Waals surface area contributed by atoms with Gasteiger partial charge < -0.3 is 10.2 Å². The molecular weight excluding hydrogens is 232 g/mol. The van der Waals surface area contributed by atoms with Crippen molar-refractivity contribution in [3.05, 3.63) is 23.8 Å². The number of nitrogens with one attached hydrogen (secondary N) is 1. The second-order valence-corrected chi connectivity index (χ2v) is 5.56. The lowest BCUT2D eigenvalue weighted by Crippen LogP contribution is -2.30. The van der Waals surface area contributed by atoms with Crippen LogP contribution in [-0.2, 0) is 6.42 Å². The molecule has 1 heterocycles. The van der Waals surface area contributed by atoms with Crippen LogP contribution < -0.4 is 10.2 Å². The minimum atomic E-state index is 0.805. The van der Waals surface area contributed by atoms with Crippen molar-refractivity contribution in [3.63, 3.8) is 0 Å². The van der Waals surface area contributed by atoms with E-state index in [0.29, 0.717) is 0 Å². The molecule has 1 aromatic rings. The molecule has 2 heteroatoms. The van der Waals surface area contributed by atoms with Gasteiger partial charge in [-0.25, -0.2) is 0 Å². The summed E-state index contributed by atoms with van der Waals surface area (Å²) in [5.74, 6) is 0.805. The summed E-state index contributed by atoms with van der Waals surface area (Å²) in [7, 11) is 0. The highest BCUT2D eigenvalue weighted by Gasteiger charge is 2.17. The van der Waals surface area contributed by atoms with Crippen LogP contribution in [0.1, 0.15) is 45.6 Å². The highest BCUT2D eigenvalue weighted by Crippen LogP contribution is 2.33. The highest BCUT2D eigenvalue weighted by molar-refractivity contribution is 5.74. The minimum Gasteiger partial charge on any atom is -0.383 e. The summed E-state index contributed by atoms with van der Waals surface area (Å²) in [6.07, 6.45) is 5.03. The fraction of sp³-hybridized carbons (Fsp3) is 0.647. The van der Waals surface area contributed by atoms with Gasteiger partial charge in [0.15, 0.2) is 0 Å². The predicted octanol–water partition coefficient (Wildman–Crippen LogP) is 4.31. The third kappa shape index (κ3) is 3.23. The maximum atomic E-state index is 3.61. The van der Waals surface area contributed by atoms with E-state index in [-0.39, 0.29) is 0 Å². The van der Waals surface area contributed by atoms with Gasteiger partial charge in [0, 0.05) is 19.6 Å². The van der Waals surface area contributed by atoms with Crippen molar-refractivity contribution in [2.24, 2.45) is 5.92 Å². The summed E-state index contributed by atoms with van der Waals surface area (Å²) >= 11 is 0. The Hall–Kier alpha value is -1.18. The number of anilines is 2. The molecule has 0 atom stereocenters. The Labute approximate surface area is 118 Å². The Kier molecular flexibility index (Phi) is 5.12. The lowest BCUT2D eigenvalue weighted by molar-refractivity contribution is 0.486. The molecule has 1 aliphatic rings. The number of benzene rings is 1. The zero-order valence-electron chi connectivity index (χ0n) is 12.7. The van der Waals surface area contributed by atoms with E-state index in [1.165, 1.54) is 49.2 Å². The van der Waals surface area contributed by atoms with Crippen LogP contribution >= 0.6 is 0 Å². The van der Waals surface area contributed by atoms with Gasteiger partial charge in [-0.05, 0) is 37.3 Å². The van der Waals surface area contributed by atoms with Gasteiger partial charge >= 0.3 is 0 Å². The fourth-order valence-electron chi connectivity index (χ4n) is 3.01. The maximum Gasteiger partial charge on any atom is 0.0610 e. The Bertz CT molecular complexity index is 396. The number of hydrogen-bond donors (Lipinski definition) is 1. The third-order valence-corrected chi connectivity index (χ3v) is 4.41. The Morgan fingerprint density at radius 2 is 2.00 bits per heavy atom. The molecule has 0 fully saturated rings. The van der Waals surface area contributed by atoms with E-state index in [0.717, 1.165) is 19.0 Å². The quantitative estimate of drug-likeness (QED) is 0.820. The average molecular weight is 260 g/mol. The van der Waals surface area contributed by atoms with E-state index in [4.69, 9.17) is 0 Å². The molecule has 0 saturated heterocycles. The molecule has 0 aliphatic carbocycles. The number of hydrogen-bond acceptors (Lipinski definition) is 2. The van der Waals surface area contributed by atoms with E-state index in [2.05, 4.69) is 49.2 Å². The van der Waals surface area contributed by atoms with Crippen LogP contribution in [0.5, 0.6) is 0 Å². The van der Waals surface area contributed by atoms with E-state index in [1.54, 1.807) is 0 Å². The van der Waals surface area contributed by atoms with Gasteiger partial charge in [-0.2, -0.15) is 0 Å². The van der Waals surface area contributed by atoms with E-state index < -0.39 is 0 Å². The molecule has 106 valence electrons. The summed E-state index contributed by atoms with van der Waals surface area (Å²) in [4.78, 5) is 2.55. The molecule has 19 heavy (non-hydrogen) atoms. The van der Waals surface area contributed by atoms with Crippen LogP contribution in [0.2, 0.25) is 0 Å². The Balaban J connectivity index is 2.22. The lowest BCUT2D eigenvalue weighted by atomic mass is 9.99. The number of aryl methyl sites for hydroxylation is 1. The topological polar surface area (TPSA) is 15.3 Å². The first kappa shape index (κ1) is 14.2. The van der Waals surface area contributed by atoms with Gasteiger partial charge in [-0.15, -0.1) is 0 Å². The van der Waals surface area contributed by atoms with Crippen LogP contribution in [0.25, 0.3) is 0 Å². The Morgan fingerprint density at radius 3 is 2.68 bits per heavy atom. The van der Waals surface area contributed by atoms with Crippen molar-refractivity contribution in [2.75, 3.05) is 29.9 Å². The normalized spacial score (nSPS) is 14.1. The molecule has 0 spiro atoms. The molecule has 2 nitrogen and oxygen atoms in total. The van der Waals surface area contributed by atoms with Crippen molar-refractivity contribution in [2.45, 2.75) is 46.5 Å². The van der Waals surface area contributed by atoms with E-state index in [9.17, 15) is 0 Å². The Morgan fingerprint density at radius 1 is 1.21 bits per heavy atom. The maximum absolute atomic E-state index is 3.61. The molecule has 0 bridgehead atoms. The smallest absolute Gasteiger partial charge is 0.0610 e. The number of rotatable bonds is 6. The monoisotopic (exact) mass is 260 g/mol. The fourth-order valence-corrected chi connectivity index (χ4v) is 3.01. The molecule has 1 aliphatic heterocycles. The standard InChI is InChI=1S/C17H28N2/c1-4-14(5-2)13-19(6-3)16-11-7-9-15-10-8-12-18-17(15)16/h7,9,11,14,18H,4-6,8,10,12-13H2,1-3H3. The van der Waals surface area contributed by atoms with Gasteiger partial charge in [0.1, 0.15) is 0 Å². The van der Waals surface area contributed by atoms with Crippen LogP contribution in [0.3, 0.4) is 0 Å². The molecule has 0 unspecified atom stereocenters. The van der Waals surface area contributed by atoms with Crippen molar-refractivity contribution in [1.29, 1.82) is 0 Å². The van der Waals surface area contributed by atoms with Gasteiger partial charge in [0.05, 0.1) is 11.4 Å². The van der Waals surface area contributed by atoms with Crippen LogP contribution in [0.4, 0.5) is 11.4 Å². The third-order valence-electron chi connectivity index (χ3n) is 4.41. The second-order valence-electron chi connectivity index (χ2n) is 5.56. The van der Waals surface area contributed by atoms with Crippen molar-refractivity contribution >= 4 is 11.4 Å². The van der Waals surface area contributed by atoms with E-state index >= 15 is 0 Å². The predicted molar refractivity (Wildman–Crippen MR) is 85.2 cm³/mol. The molecule has 0 saturated carbocycles. The first-order valence-corrected chi connectivity index (χ1v) is 7.90. The molecule has 1 N–H and O–H groups in total. The summed E-state index contributed by atoms with van der Waals surface area (Å²) in [5, 5.41) is 3.61. The summed E-state index contributed by atoms with van der Waals surface area (Å²) in [5.41, 5.74) is 4.29. The zero-order chi connectivity index (χ0) is 13.7. The molecule has 0 amide bonds. The largest absolute Gasteiger partial charge is 0.383 e. The second kappa shape index (κ2) is 6.83. The van der Waals surface area contributed by atoms with Crippen molar-refractivity contribution in [1.82, 2.24) is 0 Å². The zero-order valence-corrected chi connectivity index (χ0v) is 12.7. The SMILES string of the molecule is CCC(CC)CN(CC)c1cccc2c1NCCC2. The van der Waals surface area contributed by atoms with E-state index in [1.807, 2.05) is 0 Å². The summed E-state index contributed by atoms with van der Waals surface area (Å²) in [6.45, 7) is 10.3. The molecule has 2 rings (SSSR count). The van der Waals surface area contributed by atoms with Crippen molar-refractivity contribution in [3.8, 4) is 0 Å². The number of fused-ring (bicyclic) bond motifs is 1. The van der Waals surface area contributed by atoms with Gasteiger partial charge in [-0.3, -0.25) is 0 Å². The van der Waals surface area contributed by atoms with Crippen LogP contribution in [0.15, 0.2) is 18.2 Å². The number of nitrogens with zero attached hydrogens (tertiary/aromatic N) is 1. The molecule has 0 aromatic heterocycles. The summed E-state index contributed by atoms with van der Waals surface area (Å²) in [6, 6.07) is 6.77. The average Bonchev–Trinajstić information content (AvgIpc) is 2.48. The summed E-state index contributed by atoms with van der Waals surface area (Å²) < 4.78 is 0. The van der Waals surface area contributed by atoms with Gasteiger partial charge in [-0.1, -0.05) is 38.8 Å². The van der Waals surface area contributed by atoms with Gasteiger partial charge in [0.25, 0.3) is 0 Å². The first-order valence-electron chi connectivity index (χ1n) is 7.90. The molecular formula is C17H28N2. The molecule has 0 radical (unpaired) electrons. The van der Waals surface area contributed by atoms with Crippen LogP contribution in [0, 0.1) is 5.92 Å². The number of para-hydroxylation sites is 1. The van der Waals surface area contributed by atoms with Crippen LogP contribution in [-0.4, -0.2) is 19.6 Å². The molecule has 1 aromatic carbocycles. The highest BCUT2D eigenvalue weighted by atomic mass is 15.1.